The second-order valence-electron chi connectivity index (χ2n) is 11.6. The molecule has 168 valence electrons. The maximum Gasteiger partial charge on any atom is 0.174 e. The summed E-state index contributed by atoms with van der Waals surface area (Å²) in [5.41, 5.74) is 0.341. The van der Waals surface area contributed by atoms with Gasteiger partial charge >= 0.3 is 0 Å². The number of hydrogen-bond donors (Lipinski definition) is 0. The Morgan fingerprint density at radius 2 is 1.53 bits per heavy atom. The Morgan fingerprint density at radius 3 is 2.27 bits per heavy atom. The van der Waals surface area contributed by atoms with Crippen molar-refractivity contribution in [3.8, 4) is 0 Å². The number of fused-ring (bicyclic) bond motifs is 6. The summed E-state index contributed by atoms with van der Waals surface area (Å²) in [7, 11) is 0. The largest absolute Gasteiger partial charge is 0.348 e. The number of nitroso groups, excluding NO2 is 1. The lowest BCUT2D eigenvalue weighted by atomic mass is 9.42. The van der Waals surface area contributed by atoms with Crippen molar-refractivity contribution in [2.75, 3.05) is 33.0 Å². The van der Waals surface area contributed by atoms with E-state index in [1.807, 2.05) is 0 Å². The Labute approximate surface area is 179 Å². The van der Waals surface area contributed by atoms with E-state index in [0.29, 0.717) is 49.3 Å². The van der Waals surface area contributed by atoms with Gasteiger partial charge in [0.05, 0.1) is 33.0 Å². The van der Waals surface area contributed by atoms with Gasteiger partial charge in [-0.3, -0.25) is 0 Å². The average molecular weight is 420 g/mol. The Bertz CT molecular complexity index is 702. The van der Waals surface area contributed by atoms with E-state index in [9.17, 15) is 4.91 Å². The summed E-state index contributed by atoms with van der Waals surface area (Å²) in [5.74, 6) is 2.01. The van der Waals surface area contributed by atoms with E-state index < -0.39 is 5.79 Å². The Kier molecular flexibility index (Phi) is 4.50. The highest BCUT2D eigenvalue weighted by Crippen LogP contribution is 2.71. The molecule has 1 unspecified atom stereocenters. The first-order valence-corrected chi connectivity index (χ1v) is 12.3. The lowest BCUT2D eigenvalue weighted by molar-refractivity contribution is -0.263. The van der Waals surface area contributed by atoms with Crippen LogP contribution in [0.3, 0.4) is 0 Å². The molecule has 6 rings (SSSR count). The third kappa shape index (κ3) is 2.51. The summed E-state index contributed by atoms with van der Waals surface area (Å²) in [6.07, 6.45) is 8.83. The van der Waals surface area contributed by atoms with E-state index in [4.69, 9.17) is 18.9 Å². The first kappa shape index (κ1) is 20.1. The predicted molar refractivity (Wildman–Crippen MR) is 111 cm³/mol. The molecular weight excluding hydrogens is 382 g/mol. The third-order valence-corrected chi connectivity index (χ3v) is 10.8. The molecule has 6 heteroatoms. The molecule has 6 nitrogen and oxygen atoms in total. The van der Waals surface area contributed by atoms with Gasteiger partial charge in [0.1, 0.15) is 0 Å². The molecule has 2 heterocycles. The average Bonchev–Trinajstić information content (AvgIpc) is 3.45. The highest BCUT2D eigenvalue weighted by molar-refractivity contribution is 5.14. The molecule has 30 heavy (non-hydrogen) atoms. The topological polar surface area (TPSA) is 66.4 Å². The van der Waals surface area contributed by atoms with Crippen molar-refractivity contribution in [1.82, 2.24) is 0 Å². The van der Waals surface area contributed by atoms with Gasteiger partial charge in [0.25, 0.3) is 0 Å². The molecule has 0 amide bonds. The molecule has 4 aliphatic carbocycles. The predicted octanol–water partition coefficient (Wildman–Crippen LogP) is 4.51. The zero-order valence-corrected chi connectivity index (χ0v) is 18.6. The van der Waals surface area contributed by atoms with Gasteiger partial charge in [-0.15, -0.1) is 0 Å². The van der Waals surface area contributed by atoms with E-state index in [2.05, 4.69) is 19.0 Å². The molecule has 0 bridgehead atoms. The quantitative estimate of drug-likeness (QED) is 0.616. The molecule has 0 N–H and O–H groups in total. The Morgan fingerprint density at radius 1 is 0.833 bits per heavy atom. The second-order valence-corrected chi connectivity index (χ2v) is 11.6. The van der Waals surface area contributed by atoms with Crippen LogP contribution in [-0.2, 0) is 18.9 Å². The van der Waals surface area contributed by atoms with Crippen LogP contribution in [0.5, 0.6) is 0 Å². The summed E-state index contributed by atoms with van der Waals surface area (Å²) in [5, 5.41) is 3.43. The summed E-state index contributed by atoms with van der Waals surface area (Å²) in [6, 6.07) is 0. The Hall–Kier alpha value is -0.560. The SMILES string of the molecule is C[C@]12CCC3(CC1[C@@H](CN=O)C[C@@H]1[C@@H]2CC[C@@]2(C)[C@H]1CCC21OCCO1)OCCO3. The fraction of sp³-hybridized carbons (Fsp3) is 1.00. The van der Waals surface area contributed by atoms with Gasteiger partial charge < -0.3 is 18.9 Å². The number of nitrogens with zero attached hydrogens (tertiary/aromatic N) is 1. The summed E-state index contributed by atoms with van der Waals surface area (Å²) in [6.45, 7) is 8.25. The fourth-order valence-electron chi connectivity index (χ4n) is 9.37. The van der Waals surface area contributed by atoms with E-state index >= 15 is 0 Å². The molecule has 0 aromatic rings. The fourth-order valence-corrected chi connectivity index (χ4v) is 9.37. The van der Waals surface area contributed by atoms with Crippen LogP contribution >= 0.6 is 0 Å². The molecular formula is C24H37NO5. The summed E-state index contributed by atoms with van der Waals surface area (Å²) < 4.78 is 24.8. The summed E-state index contributed by atoms with van der Waals surface area (Å²) in [4.78, 5) is 11.5. The second kappa shape index (κ2) is 6.72. The van der Waals surface area contributed by atoms with E-state index in [1.54, 1.807) is 0 Å². The van der Waals surface area contributed by atoms with Gasteiger partial charge in [-0.1, -0.05) is 19.0 Å². The van der Waals surface area contributed by atoms with Crippen molar-refractivity contribution in [2.24, 2.45) is 45.6 Å². The van der Waals surface area contributed by atoms with Crippen LogP contribution in [0.25, 0.3) is 0 Å². The number of ether oxygens (including phenoxy) is 4. The van der Waals surface area contributed by atoms with Crippen molar-refractivity contribution in [2.45, 2.75) is 76.8 Å². The van der Waals surface area contributed by atoms with Crippen molar-refractivity contribution in [1.29, 1.82) is 0 Å². The molecule has 7 atom stereocenters. The smallest absolute Gasteiger partial charge is 0.174 e. The standard InChI is InChI=1S/C24H37NO5/c1-21-7-8-23(27-9-10-28-23)14-20(21)16(15-25-26)13-17-18(21)3-5-22(2)19(17)4-6-24(22)29-11-12-30-24/h16-20H,3-15H2,1-2H3/t16-,17-,18+,19+,20?,21-,22+/m1/s1. The molecule has 6 fully saturated rings. The highest BCUT2D eigenvalue weighted by atomic mass is 16.7. The monoisotopic (exact) mass is 419 g/mol. The maximum atomic E-state index is 11.5. The first-order chi connectivity index (χ1) is 14.5. The van der Waals surface area contributed by atoms with Crippen molar-refractivity contribution < 1.29 is 18.9 Å². The number of hydrogen-bond acceptors (Lipinski definition) is 6. The minimum Gasteiger partial charge on any atom is -0.348 e. The first-order valence-electron chi connectivity index (χ1n) is 12.3. The third-order valence-electron chi connectivity index (χ3n) is 10.8. The van der Waals surface area contributed by atoms with E-state index in [-0.39, 0.29) is 16.6 Å². The Balaban J connectivity index is 1.33. The van der Waals surface area contributed by atoms with Crippen molar-refractivity contribution in [3.05, 3.63) is 4.91 Å². The van der Waals surface area contributed by atoms with E-state index in [1.165, 1.54) is 19.3 Å². The summed E-state index contributed by atoms with van der Waals surface area (Å²) >= 11 is 0. The van der Waals surface area contributed by atoms with Crippen LogP contribution in [0.15, 0.2) is 5.18 Å². The minimum absolute atomic E-state index is 0.0978. The van der Waals surface area contributed by atoms with Crippen LogP contribution in [0.2, 0.25) is 0 Å². The van der Waals surface area contributed by atoms with E-state index in [0.717, 1.165) is 45.3 Å². The zero-order valence-electron chi connectivity index (χ0n) is 18.6. The van der Waals surface area contributed by atoms with Gasteiger partial charge in [0.2, 0.25) is 0 Å². The van der Waals surface area contributed by atoms with Gasteiger partial charge in [0.15, 0.2) is 11.6 Å². The normalized spacial score (nSPS) is 50.9. The maximum absolute atomic E-state index is 11.5. The van der Waals surface area contributed by atoms with Crippen molar-refractivity contribution >= 4 is 0 Å². The molecule has 2 saturated heterocycles. The van der Waals surface area contributed by atoms with Crippen LogP contribution in [0.1, 0.15) is 65.2 Å². The van der Waals surface area contributed by atoms with Crippen LogP contribution < -0.4 is 0 Å². The van der Waals surface area contributed by atoms with Gasteiger partial charge in [-0.25, -0.2) is 0 Å². The number of rotatable bonds is 2. The van der Waals surface area contributed by atoms with Gasteiger partial charge in [0, 0.05) is 24.7 Å². The van der Waals surface area contributed by atoms with Crippen LogP contribution in [0.4, 0.5) is 0 Å². The lowest BCUT2D eigenvalue weighted by Gasteiger charge is -2.64. The molecule has 0 aromatic carbocycles. The molecule has 4 saturated carbocycles. The molecule has 0 aromatic heterocycles. The van der Waals surface area contributed by atoms with Gasteiger partial charge in [-0.2, -0.15) is 4.91 Å². The zero-order chi connectivity index (χ0) is 20.6. The van der Waals surface area contributed by atoms with Gasteiger partial charge in [-0.05, 0) is 67.1 Å². The minimum atomic E-state index is -0.399. The molecule has 0 radical (unpaired) electrons. The van der Waals surface area contributed by atoms with Crippen LogP contribution in [0, 0.1) is 45.3 Å². The lowest BCUT2D eigenvalue weighted by Crippen LogP contribution is -2.60. The van der Waals surface area contributed by atoms with Crippen molar-refractivity contribution in [3.63, 3.8) is 0 Å². The highest BCUT2D eigenvalue weighted by Gasteiger charge is 2.69. The van der Waals surface area contributed by atoms with Crippen LogP contribution in [-0.4, -0.2) is 44.5 Å². The molecule has 2 spiro atoms. The molecule has 2 aliphatic heterocycles. The molecule has 6 aliphatic rings.